The standard InChI is InChI=1S/C21H25ClFN3O2/c1-28-20-6-5-16(13-19(20)23)15-26-11-9-25(10-12-26)8-7-21(27)24-18-4-2-3-17(22)14-18/h2-6,13-14H,7-12,15H2,1H3,(H,24,27). The third-order valence-corrected chi connectivity index (χ3v) is 5.09. The molecule has 0 atom stereocenters. The van der Waals surface area contributed by atoms with Crippen LogP contribution in [0.15, 0.2) is 42.5 Å². The average molecular weight is 406 g/mol. The highest BCUT2D eigenvalue weighted by Gasteiger charge is 2.18. The molecule has 3 rings (SSSR count). The molecule has 150 valence electrons. The van der Waals surface area contributed by atoms with Gasteiger partial charge in [0, 0.05) is 56.4 Å². The van der Waals surface area contributed by atoms with Crippen LogP contribution >= 0.6 is 11.6 Å². The van der Waals surface area contributed by atoms with Crippen LogP contribution in [0.3, 0.4) is 0 Å². The molecule has 2 aromatic rings. The van der Waals surface area contributed by atoms with E-state index in [1.54, 1.807) is 18.2 Å². The number of nitrogens with zero attached hydrogens (tertiary/aromatic N) is 2. The Morgan fingerprint density at radius 3 is 2.57 bits per heavy atom. The van der Waals surface area contributed by atoms with Crippen molar-refractivity contribution in [1.82, 2.24) is 9.80 Å². The van der Waals surface area contributed by atoms with Crippen LogP contribution in [0, 0.1) is 5.82 Å². The van der Waals surface area contributed by atoms with E-state index in [4.69, 9.17) is 16.3 Å². The Morgan fingerprint density at radius 1 is 1.14 bits per heavy atom. The van der Waals surface area contributed by atoms with Crippen molar-refractivity contribution in [3.05, 3.63) is 58.9 Å². The van der Waals surface area contributed by atoms with Crippen LogP contribution in [0.5, 0.6) is 5.75 Å². The molecule has 0 saturated carbocycles. The number of rotatable bonds is 7. The minimum absolute atomic E-state index is 0.0154. The molecule has 1 amide bonds. The quantitative estimate of drug-likeness (QED) is 0.764. The van der Waals surface area contributed by atoms with Gasteiger partial charge in [0.2, 0.25) is 5.91 Å². The summed E-state index contributed by atoms with van der Waals surface area (Å²) >= 11 is 5.93. The normalized spacial score (nSPS) is 15.4. The average Bonchev–Trinajstić information content (AvgIpc) is 2.68. The number of piperazine rings is 1. The van der Waals surface area contributed by atoms with E-state index in [0.717, 1.165) is 38.3 Å². The zero-order valence-electron chi connectivity index (χ0n) is 16.0. The summed E-state index contributed by atoms with van der Waals surface area (Å²) < 4.78 is 18.8. The Morgan fingerprint density at radius 2 is 1.89 bits per heavy atom. The molecule has 1 aliphatic rings. The van der Waals surface area contributed by atoms with Crippen molar-refractivity contribution in [2.45, 2.75) is 13.0 Å². The highest BCUT2D eigenvalue weighted by molar-refractivity contribution is 6.30. The zero-order valence-corrected chi connectivity index (χ0v) is 16.7. The first-order chi connectivity index (χ1) is 13.5. The summed E-state index contributed by atoms with van der Waals surface area (Å²) in [5.74, 6) is -0.0765. The van der Waals surface area contributed by atoms with E-state index < -0.39 is 0 Å². The van der Waals surface area contributed by atoms with E-state index in [1.807, 2.05) is 18.2 Å². The van der Waals surface area contributed by atoms with Gasteiger partial charge < -0.3 is 15.0 Å². The van der Waals surface area contributed by atoms with E-state index in [1.165, 1.54) is 13.2 Å². The Labute approximate surface area is 170 Å². The van der Waals surface area contributed by atoms with Gasteiger partial charge in [-0.3, -0.25) is 9.69 Å². The molecule has 2 aromatic carbocycles. The van der Waals surface area contributed by atoms with Gasteiger partial charge in [-0.05, 0) is 35.9 Å². The van der Waals surface area contributed by atoms with Crippen molar-refractivity contribution in [1.29, 1.82) is 0 Å². The largest absolute Gasteiger partial charge is 0.494 e. The maximum atomic E-state index is 13.8. The van der Waals surface area contributed by atoms with Gasteiger partial charge in [-0.25, -0.2) is 4.39 Å². The lowest BCUT2D eigenvalue weighted by molar-refractivity contribution is -0.116. The lowest BCUT2D eigenvalue weighted by Crippen LogP contribution is -2.46. The number of hydrogen-bond acceptors (Lipinski definition) is 4. The number of anilines is 1. The third kappa shape index (κ3) is 5.92. The lowest BCUT2D eigenvalue weighted by atomic mass is 10.1. The van der Waals surface area contributed by atoms with Crippen molar-refractivity contribution < 1.29 is 13.9 Å². The first-order valence-corrected chi connectivity index (χ1v) is 9.74. The summed E-state index contributed by atoms with van der Waals surface area (Å²) in [6.45, 7) is 5.00. The minimum atomic E-state index is -0.329. The van der Waals surface area contributed by atoms with E-state index in [9.17, 15) is 9.18 Å². The highest BCUT2D eigenvalue weighted by atomic mass is 35.5. The molecule has 1 aliphatic heterocycles. The number of nitrogens with one attached hydrogen (secondary N) is 1. The number of methoxy groups -OCH3 is 1. The van der Waals surface area contributed by atoms with E-state index in [2.05, 4.69) is 15.1 Å². The minimum Gasteiger partial charge on any atom is -0.494 e. The molecule has 0 aromatic heterocycles. The SMILES string of the molecule is COc1ccc(CN2CCN(CCC(=O)Nc3cccc(Cl)c3)CC2)cc1F. The first-order valence-electron chi connectivity index (χ1n) is 9.36. The number of ether oxygens (including phenoxy) is 1. The summed E-state index contributed by atoms with van der Waals surface area (Å²) in [5, 5.41) is 3.47. The molecular weight excluding hydrogens is 381 g/mol. The molecule has 1 heterocycles. The maximum Gasteiger partial charge on any atom is 0.225 e. The summed E-state index contributed by atoms with van der Waals surface area (Å²) in [6, 6.07) is 12.2. The molecule has 1 fully saturated rings. The van der Waals surface area contributed by atoms with Crippen LogP contribution in [0.4, 0.5) is 10.1 Å². The summed E-state index contributed by atoms with van der Waals surface area (Å²) in [4.78, 5) is 16.7. The molecule has 7 heteroatoms. The fraction of sp³-hybridized carbons (Fsp3) is 0.381. The molecule has 1 saturated heterocycles. The Kier molecular flexibility index (Phi) is 7.25. The summed E-state index contributed by atoms with van der Waals surface area (Å²) in [7, 11) is 1.46. The van der Waals surface area contributed by atoms with Crippen molar-refractivity contribution in [3.63, 3.8) is 0 Å². The van der Waals surface area contributed by atoms with Crippen molar-refractivity contribution in [2.75, 3.05) is 45.2 Å². The Bertz CT molecular complexity index is 810. The maximum absolute atomic E-state index is 13.8. The Balaban J connectivity index is 1.39. The van der Waals surface area contributed by atoms with Gasteiger partial charge in [0.05, 0.1) is 7.11 Å². The molecule has 0 radical (unpaired) electrons. The molecule has 0 bridgehead atoms. The second-order valence-electron chi connectivity index (χ2n) is 6.90. The number of hydrogen-bond donors (Lipinski definition) is 1. The Hall–Kier alpha value is -2.15. The molecular formula is C21H25ClFN3O2. The van der Waals surface area contributed by atoms with Crippen molar-refractivity contribution in [2.24, 2.45) is 0 Å². The second-order valence-corrected chi connectivity index (χ2v) is 7.33. The topological polar surface area (TPSA) is 44.8 Å². The van der Waals surface area contributed by atoms with Crippen LogP contribution in [-0.4, -0.2) is 55.5 Å². The second kappa shape index (κ2) is 9.87. The molecule has 1 N–H and O–H groups in total. The van der Waals surface area contributed by atoms with Gasteiger partial charge in [0.1, 0.15) is 0 Å². The van der Waals surface area contributed by atoms with Crippen LogP contribution in [-0.2, 0) is 11.3 Å². The lowest BCUT2D eigenvalue weighted by Gasteiger charge is -2.34. The third-order valence-electron chi connectivity index (χ3n) is 4.85. The van der Waals surface area contributed by atoms with Crippen molar-refractivity contribution in [3.8, 4) is 5.75 Å². The van der Waals surface area contributed by atoms with Gasteiger partial charge in [0.15, 0.2) is 11.6 Å². The first kappa shape index (κ1) is 20.6. The molecule has 0 aliphatic carbocycles. The van der Waals surface area contributed by atoms with E-state index in [-0.39, 0.29) is 17.5 Å². The number of halogens is 2. The molecule has 5 nitrogen and oxygen atoms in total. The summed E-state index contributed by atoms with van der Waals surface area (Å²) in [6.07, 6.45) is 0.441. The number of amides is 1. The van der Waals surface area contributed by atoms with Gasteiger partial charge in [-0.2, -0.15) is 0 Å². The predicted octanol–water partition coefficient (Wildman–Crippen LogP) is 3.63. The van der Waals surface area contributed by atoms with Gasteiger partial charge >= 0.3 is 0 Å². The molecule has 28 heavy (non-hydrogen) atoms. The van der Waals surface area contributed by atoms with Crippen LogP contribution in [0.1, 0.15) is 12.0 Å². The fourth-order valence-electron chi connectivity index (χ4n) is 3.29. The van der Waals surface area contributed by atoms with Crippen LogP contribution < -0.4 is 10.1 Å². The van der Waals surface area contributed by atoms with Gasteiger partial charge in [-0.1, -0.05) is 23.7 Å². The predicted molar refractivity (Wildman–Crippen MR) is 109 cm³/mol. The van der Waals surface area contributed by atoms with E-state index >= 15 is 0 Å². The number of carbonyl (C=O) groups excluding carboxylic acids is 1. The van der Waals surface area contributed by atoms with E-state index in [0.29, 0.717) is 23.7 Å². The van der Waals surface area contributed by atoms with Crippen LogP contribution in [0.25, 0.3) is 0 Å². The van der Waals surface area contributed by atoms with Gasteiger partial charge in [-0.15, -0.1) is 0 Å². The zero-order chi connectivity index (χ0) is 19.9. The van der Waals surface area contributed by atoms with Crippen LogP contribution in [0.2, 0.25) is 5.02 Å². The smallest absolute Gasteiger partial charge is 0.225 e. The fourth-order valence-corrected chi connectivity index (χ4v) is 3.48. The molecule has 0 unspecified atom stereocenters. The number of benzene rings is 2. The number of carbonyl (C=O) groups is 1. The molecule has 0 spiro atoms. The van der Waals surface area contributed by atoms with Crippen molar-refractivity contribution >= 4 is 23.2 Å². The highest BCUT2D eigenvalue weighted by Crippen LogP contribution is 2.19. The summed E-state index contributed by atoms with van der Waals surface area (Å²) in [5.41, 5.74) is 1.65. The van der Waals surface area contributed by atoms with Gasteiger partial charge in [0.25, 0.3) is 0 Å². The monoisotopic (exact) mass is 405 g/mol.